The van der Waals surface area contributed by atoms with Crippen LogP contribution in [0.1, 0.15) is 35.3 Å². The van der Waals surface area contributed by atoms with Crippen molar-refractivity contribution in [1.29, 1.82) is 0 Å². The average molecular weight is 360 g/mol. The average Bonchev–Trinajstić information content (AvgIpc) is 2.58. The number of sulfonamides is 1. The number of carbonyl (C=O) groups is 1. The number of benzene rings is 2. The van der Waals surface area contributed by atoms with Crippen molar-refractivity contribution in [3.63, 3.8) is 0 Å². The van der Waals surface area contributed by atoms with Gasteiger partial charge in [0.2, 0.25) is 0 Å². The van der Waals surface area contributed by atoms with Crippen molar-refractivity contribution in [2.24, 2.45) is 0 Å². The van der Waals surface area contributed by atoms with E-state index in [1.807, 2.05) is 20.8 Å². The molecule has 0 aromatic heterocycles. The maximum Gasteiger partial charge on any atom is 0.261 e. The third-order valence-electron chi connectivity index (χ3n) is 4.19. The number of hydrogen-bond donors (Lipinski definition) is 1. The van der Waals surface area contributed by atoms with Crippen LogP contribution in [-0.2, 0) is 10.0 Å². The predicted molar refractivity (Wildman–Crippen MR) is 100 cm³/mol. The van der Waals surface area contributed by atoms with Crippen molar-refractivity contribution in [2.75, 3.05) is 17.8 Å². The van der Waals surface area contributed by atoms with E-state index in [0.717, 1.165) is 5.56 Å². The van der Waals surface area contributed by atoms with E-state index in [4.69, 9.17) is 0 Å². The molecule has 0 radical (unpaired) electrons. The molecule has 0 saturated carbocycles. The molecule has 0 heterocycles. The number of nitrogens with zero attached hydrogens (tertiary/aromatic N) is 1. The van der Waals surface area contributed by atoms with Crippen LogP contribution in [0, 0.1) is 13.8 Å². The van der Waals surface area contributed by atoms with Crippen molar-refractivity contribution >= 4 is 21.6 Å². The van der Waals surface area contributed by atoms with E-state index < -0.39 is 10.0 Å². The second kappa shape index (κ2) is 7.70. The van der Waals surface area contributed by atoms with E-state index in [2.05, 4.69) is 4.72 Å². The number of nitrogens with one attached hydrogen (secondary N) is 1. The molecule has 0 bridgehead atoms. The first kappa shape index (κ1) is 19.0. The lowest BCUT2D eigenvalue weighted by Gasteiger charge is -2.21. The molecule has 2 aromatic carbocycles. The highest BCUT2D eigenvalue weighted by molar-refractivity contribution is 7.92. The maximum absolute atomic E-state index is 12.6. The van der Waals surface area contributed by atoms with Crippen LogP contribution < -0.4 is 4.72 Å². The van der Waals surface area contributed by atoms with Crippen LogP contribution in [0.5, 0.6) is 0 Å². The van der Waals surface area contributed by atoms with Gasteiger partial charge in [0.15, 0.2) is 0 Å². The molecular formula is C19H24N2O3S. The summed E-state index contributed by atoms with van der Waals surface area (Å²) in [5.74, 6) is -0.0983. The van der Waals surface area contributed by atoms with E-state index in [1.54, 1.807) is 54.3 Å². The Hall–Kier alpha value is -2.34. The van der Waals surface area contributed by atoms with Crippen molar-refractivity contribution < 1.29 is 13.2 Å². The van der Waals surface area contributed by atoms with Crippen LogP contribution in [0.4, 0.5) is 5.69 Å². The molecule has 0 spiro atoms. The fraction of sp³-hybridized carbons (Fsp3) is 0.316. The van der Waals surface area contributed by atoms with Crippen LogP contribution in [0.25, 0.3) is 0 Å². The Balaban J connectivity index is 2.36. The smallest absolute Gasteiger partial charge is 0.261 e. The molecular weight excluding hydrogens is 336 g/mol. The summed E-state index contributed by atoms with van der Waals surface area (Å²) < 4.78 is 27.8. The molecule has 0 aliphatic carbocycles. The summed E-state index contributed by atoms with van der Waals surface area (Å²) in [6, 6.07) is 11.7. The Morgan fingerprint density at radius 1 is 1.00 bits per heavy atom. The minimum atomic E-state index is -3.70. The topological polar surface area (TPSA) is 66.5 Å². The lowest BCUT2D eigenvalue weighted by Crippen LogP contribution is -2.31. The standard InChI is InChI=1S/C19H24N2O3S/c1-5-21(6-2)19(22)17-8-7-9-18(15(17)4)20-25(23,24)16-12-10-14(3)11-13-16/h7-13,20H,5-6H2,1-4H3. The van der Waals surface area contributed by atoms with Gasteiger partial charge in [-0.25, -0.2) is 8.42 Å². The Labute approximate surface area is 149 Å². The molecule has 25 heavy (non-hydrogen) atoms. The molecule has 134 valence electrons. The van der Waals surface area contributed by atoms with Crippen LogP contribution in [0.3, 0.4) is 0 Å². The zero-order chi connectivity index (χ0) is 18.6. The van der Waals surface area contributed by atoms with Crippen molar-refractivity contribution in [2.45, 2.75) is 32.6 Å². The minimum Gasteiger partial charge on any atom is -0.339 e. The first-order valence-corrected chi connectivity index (χ1v) is 9.76. The second-order valence-corrected chi connectivity index (χ2v) is 7.56. The Morgan fingerprint density at radius 2 is 1.60 bits per heavy atom. The number of hydrogen-bond acceptors (Lipinski definition) is 3. The van der Waals surface area contributed by atoms with Crippen molar-refractivity contribution in [3.05, 3.63) is 59.2 Å². The summed E-state index contributed by atoms with van der Waals surface area (Å²) in [4.78, 5) is 14.5. The van der Waals surface area contributed by atoms with E-state index in [9.17, 15) is 13.2 Å². The number of carbonyl (C=O) groups excluding carboxylic acids is 1. The predicted octanol–water partition coefficient (Wildman–Crippen LogP) is 3.59. The van der Waals surface area contributed by atoms with Gasteiger partial charge in [0.05, 0.1) is 10.6 Å². The monoisotopic (exact) mass is 360 g/mol. The molecule has 5 nitrogen and oxygen atoms in total. The van der Waals surface area contributed by atoms with Gasteiger partial charge >= 0.3 is 0 Å². The van der Waals surface area contributed by atoms with Gasteiger partial charge in [-0.2, -0.15) is 0 Å². The second-order valence-electron chi connectivity index (χ2n) is 5.87. The molecule has 1 N–H and O–H groups in total. The summed E-state index contributed by atoms with van der Waals surface area (Å²) in [5, 5.41) is 0. The van der Waals surface area contributed by atoms with E-state index in [0.29, 0.717) is 29.9 Å². The molecule has 0 atom stereocenters. The van der Waals surface area contributed by atoms with Crippen LogP contribution in [0.15, 0.2) is 47.4 Å². The Bertz CT molecular complexity index is 855. The summed E-state index contributed by atoms with van der Waals surface area (Å²) in [6.45, 7) is 8.70. The fourth-order valence-corrected chi connectivity index (χ4v) is 3.70. The fourth-order valence-electron chi connectivity index (χ4n) is 2.58. The van der Waals surface area contributed by atoms with E-state index in [-0.39, 0.29) is 10.8 Å². The number of rotatable bonds is 6. The molecule has 1 amide bonds. The molecule has 0 unspecified atom stereocenters. The van der Waals surface area contributed by atoms with Gasteiger partial charge in [-0.15, -0.1) is 0 Å². The number of anilines is 1. The highest BCUT2D eigenvalue weighted by Crippen LogP contribution is 2.23. The maximum atomic E-state index is 12.6. The summed E-state index contributed by atoms with van der Waals surface area (Å²) >= 11 is 0. The third-order valence-corrected chi connectivity index (χ3v) is 5.57. The number of aryl methyl sites for hydroxylation is 1. The largest absolute Gasteiger partial charge is 0.339 e. The van der Waals surface area contributed by atoms with Crippen molar-refractivity contribution in [3.8, 4) is 0 Å². The molecule has 0 fully saturated rings. The highest BCUT2D eigenvalue weighted by atomic mass is 32.2. The quantitative estimate of drug-likeness (QED) is 0.856. The number of amides is 1. The Morgan fingerprint density at radius 3 is 2.16 bits per heavy atom. The van der Waals surface area contributed by atoms with Gasteiger partial charge in [-0.1, -0.05) is 23.8 Å². The third kappa shape index (κ3) is 4.20. The zero-order valence-corrected chi connectivity index (χ0v) is 15.9. The molecule has 0 aliphatic rings. The van der Waals surface area contributed by atoms with Gasteiger partial charge in [-0.3, -0.25) is 9.52 Å². The minimum absolute atomic E-state index is 0.0983. The SMILES string of the molecule is CCN(CC)C(=O)c1cccc(NS(=O)(=O)c2ccc(C)cc2)c1C. The van der Waals surface area contributed by atoms with E-state index in [1.165, 1.54) is 0 Å². The van der Waals surface area contributed by atoms with Gasteiger partial charge in [0.1, 0.15) is 0 Å². The first-order chi connectivity index (χ1) is 11.8. The highest BCUT2D eigenvalue weighted by Gasteiger charge is 2.19. The van der Waals surface area contributed by atoms with Crippen LogP contribution in [0.2, 0.25) is 0 Å². The molecule has 0 saturated heterocycles. The Kier molecular flexibility index (Phi) is 5.85. The van der Waals surface area contributed by atoms with Crippen LogP contribution >= 0.6 is 0 Å². The summed E-state index contributed by atoms with van der Waals surface area (Å²) in [7, 11) is -3.70. The lowest BCUT2D eigenvalue weighted by atomic mass is 10.1. The van der Waals surface area contributed by atoms with E-state index >= 15 is 0 Å². The van der Waals surface area contributed by atoms with Gasteiger partial charge in [-0.05, 0) is 57.5 Å². The van der Waals surface area contributed by atoms with Crippen LogP contribution in [-0.4, -0.2) is 32.3 Å². The van der Waals surface area contributed by atoms with Gasteiger partial charge < -0.3 is 4.90 Å². The molecule has 0 aliphatic heterocycles. The zero-order valence-electron chi connectivity index (χ0n) is 15.0. The van der Waals surface area contributed by atoms with Gasteiger partial charge in [0.25, 0.3) is 15.9 Å². The van der Waals surface area contributed by atoms with Gasteiger partial charge in [0, 0.05) is 18.7 Å². The normalized spacial score (nSPS) is 11.2. The summed E-state index contributed by atoms with van der Waals surface area (Å²) in [5.41, 5.74) is 2.53. The first-order valence-electron chi connectivity index (χ1n) is 8.28. The lowest BCUT2D eigenvalue weighted by molar-refractivity contribution is 0.0772. The molecule has 2 aromatic rings. The molecule has 6 heteroatoms. The summed E-state index contributed by atoms with van der Waals surface area (Å²) in [6.07, 6.45) is 0. The van der Waals surface area contributed by atoms with Crippen molar-refractivity contribution in [1.82, 2.24) is 4.90 Å². The molecule has 2 rings (SSSR count).